The molecule has 3 aromatic rings. The smallest absolute Gasteiger partial charge is 0.254 e. The van der Waals surface area contributed by atoms with E-state index >= 15 is 0 Å². The molecule has 0 N–H and O–H groups in total. The summed E-state index contributed by atoms with van der Waals surface area (Å²) < 4.78 is 5.30. The van der Waals surface area contributed by atoms with Crippen LogP contribution in [0.15, 0.2) is 84.9 Å². The molecule has 1 heterocycles. The standard InChI is InChI=1S/C27H28N2O3/c1-28(19-20-11-5-3-6-12-20)27(31)24-22-15-9-10-16-23(22)26(30)29(17-18-32-2)25(24)21-13-7-4-8-14-21/h3-16,24-25H,17-19H2,1-2H3. The number of ether oxygens (including phenoxy) is 1. The van der Waals surface area contributed by atoms with Crippen molar-refractivity contribution in [2.45, 2.75) is 18.5 Å². The molecule has 2 amide bonds. The van der Waals surface area contributed by atoms with Gasteiger partial charge in [0.05, 0.1) is 18.6 Å². The Bertz CT molecular complexity index is 1070. The SMILES string of the molecule is COCCN1C(=O)c2ccccc2C(C(=O)N(C)Cc2ccccc2)C1c1ccccc1. The van der Waals surface area contributed by atoms with E-state index in [1.54, 1.807) is 16.9 Å². The maximum absolute atomic E-state index is 13.9. The van der Waals surface area contributed by atoms with Gasteiger partial charge < -0.3 is 14.5 Å². The summed E-state index contributed by atoms with van der Waals surface area (Å²) in [5.74, 6) is -0.580. The number of carbonyl (C=O) groups is 2. The van der Waals surface area contributed by atoms with Gasteiger partial charge in [-0.1, -0.05) is 78.9 Å². The normalized spacial score (nSPS) is 17.7. The highest BCUT2D eigenvalue weighted by molar-refractivity contribution is 6.01. The van der Waals surface area contributed by atoms with Crippen LogP contribution in [0.5, 0.6) is 0 Å². The summed E-state index contributed by atoms with van der Waals surface area (Å²) in [7, 11) is 3.45. The molecule has 5 nitrogen and oxygen atoms in total. The first-order valence-electron chi connectivity index (χ1n) is 10.8. The minimum atomic E-state index is -0.503. The highest BCUT2D eigenvalue weighted by Gasteiger charge is 2.44. The van der Waals surface area contributed by atoms with Crippen LogP contribution in [0, 0.1) is 0 Å². The van der Waals surface area contributed by atoms with Crippen molar-refractivity contribution < 1.29 is 14.3 Å². The number of benzene rings is 3. The number of amides is 2. The van der Waals surface area contributed by atoms with Gasteiger partial charge >= 0.3 is 0 Å². The highest BCUT2D eigenvalue weighted by atomic mass is 16.5. The Hall–Kier alpha value is -3.44. The van der Waals surface area contributed by atoms with Crippen molar-refractivity contribution in [3.63, 3.8) is 0 Å². The van der Waals surface area contributed by atoms with Crippen LogP contribution in [0.4, 0.5) is 0 Å². The first-order valence-corrected chi connectivity index (χ1v) is 10.8. The number of nitrogens with zero attached hydrogens (tertiary/aromatic N) is 2. The van der Waals surface area contributed by atoms with Gasteiger partial charge in [-0.15, -0.1) is 0 Å². The Balaban J connectivity index is 1.79. The third-order valence-corrected chi connectivity index (χ3v) is 6.02. The zero-order valence-corrected chi connectivity index (χ0v) is 18.5. The minimum Gasteiger partial charge on any atom is -0.383 e. The molecule has 32 heavy (non-hydrogen) atoms. The average Bonchev–Trinajstić information content (AvgIpc) is 2.84. The number of likely N-dealkylation sites (N-methyl/N-ethyl adjacent to an activating group) is 1. The third-order valence-electron chi connectivity index (χ3n) is 6.02. The summed E-state index contributed by atoms with van der Waals surface area (Å²) in [6, 6.07) is 26.8. The van der Waals surface area contributed by atoms with Crippen molar-refractivity contribution in [3.8, 4) is 0 Å². The van der Waals surface area contributed by atoms with Crippen molar-refractivity contribution in [1.82, 2.24) is 9.80 Å². The van der Waals surface area contributed by atoms with Crippen LogP contribution in [-0.4, -0.2) is 48.9 Å². The van der Waals surface area contributed by atoms with Crippen molar-refractivity contribution >= 4 is 11.8 Å². The molecule has 0 saturated carbocycles. The summed E-state index contributed by atoms with van der Waals surface area (Å²) in [4.78, 5) is 31.0. The van der Waals surface area contributed by atoms with Crippen LogP contribution in [0.25, 0.3) is 0 Å². The molecule has 1 aliphatic heterocycles. The van der Waals surface area contributed by atoms with E-state index in [9.17, 15) is 9.59 Å². The Labute approximate surface area is 189 Å². The van der Waals surface area contributed by atoms with Crippen molar-refractivity contribution in [2.75, 3.05) is 27.3 Å². The van der Waals surface area contributed by atoms with Gasteiger partial charge in [-0.25, -0.2) is 0 Å². The summed E-state index contributed by atoms with van der Waals surface area (Å²) in [5.41, 5.74) is 3.38. The Morgan fingerprint density at radius 3 is 2.25 bits per heavy atom. The van der Waals surface area contributed by atoms with Crippen LogP contribution in [0.1, 0.15) is 39.0 Å². The summed E-state index contributed by atoms with van der Waals surface area (Å²) in [6.45, 7) is 1.32. The second-order valence-corrected chi connectivity index (χ2v) is 8.09. The maximum atomic E-state index is 13.9. The summed E-state index contributed by atoms with van der Waals surface area (Å²) >= 11 is 0. The lowest BCUT2D eigenvalue weighted by molar-refractivity contribution is -0.134. The summed E-state index contributed by atoms with van der Waals surface area (Å²) in [5, 5.41) is 0. The second kappa shape index (κ2) is 9.79. The zero-order valence-electron chi connectivity index (χ0n) is 18.5. The number of methoxy groups -OCH3 is 1. The topological polar surface area (TPSA) is 49.9 Å². The fraction of sp³-hybridized carbons (Fsp3) is 0.259. The van der Waals surface area contributed by atoms with E-state index in [1.165, 1.54) is 0 Å². The molecule has 0 aromatic heterocycles. The largest absolute Gasteiger partial charge is 0.383 e. The number of carbonyl (C=O) groups excluding carboxylic acids is 2. The Morgan fingerprint density at radius 1 is 0.938 bits per heavy atom. The molecule has 0 saturated heterocycles. The molecular formula is C27H28N2O3. The lowest BCUT2D eigenvalue weighted by Crippen LogP contribution is -2.48. The summed E-state index contributed by atoms with van der Waals surface area (Å²) in [6.07, 6.45) is 0. The van der Waals surface area contributed by atoms with E-state index in [2.05, 4.69) is 0 Å². The van der Waals surface area contributed by atoms with E-state index in [0.29, 0.717) is 25.3 Å². The molecule has 3 aromatic carbocycles. The average molecular weight is 429 g/mol. The quantitative estimate of drug-likeness (QED) is 0.565. The van der Waals surface area contributed by atoms with Gasteiger partial charge in [0, 0.05) is 32.8 Å². The zero-order chi connectivity index (χ0) is 22.5. The van der Waals surface area contributed by atoms with E-state index in [0.717, 1.165) is 16.7 Å². The van der Waals surface area contributed by atoms with Crippen LogP contribution >= 0.6 is 0 Å². The van der Waals surface area contributed by atoms with Gasteiger partial charge in [0.2, 0.25) is 5.91 Å². The first kappa shape index (κ1) is 21.8. The second-order valence-electron chi connectivity index (χ2n) is 8.09. The van der Waals surface area contributed by atoms with Gasteiger partial charge in [0.15, 0.2) is 0 Å². The van der Waals surface area contributed by atoms with E-state index in [1.807, 2.05) is 92.0 Å². The Kier molecular flexibility index (Phi) is 6.66. The first-order chi connectivity index (χ1) is 15.6. The molecular weight excluding hydrogens is 400 g/mol. The molecule has 0 fully saturated rings. The van der Waals surface area contributed by atoms with E-state index in [4.69, 9.17) is 4.74 Å². The lowest BCUT2D eigenvalue weighted by Gasteiger charge is -2.43. The minimum absolute atomic E-state index is 0.00919. The number of fused-ring (bicyclic) bond motifs is 1. The van der Waals surface area contributed by atoms with Crippen molar-refractivity contribution in [2.24, 2.45) is 0 Å². The van der Waals surface area contributed by atoms with Crippen molar-refractivity contribution in [3.05, 3.63) is 107 Å². The lowest BCUT2D eigenvalue weighted by atomic mass is 9.79. The fourth-order valence-electron chi connectivity index (χ4n) is 4.49. The third kappa shape index (κ3) is 4.30. The van der Waals surface area contributed by atoms with Crippen molar-refractivity contribution in [1.29, 1.82) is 0 Å². The molecule has 4 rings (SSSR count). The molecule has 164 valence electrons. The van der Waals surface area contributed by atoms with Crippen LogP contribution < -0.4 is 0 Å². The predicted molar refractivity (Wildman–Crippen MR) is 124 cm³/mol. The number of hydrogen-bond acceptors (Lipinski definition) is 3. The molecule has 0 aliphatic carbocycles. The van der Waals surface area contributed by atoms with Gasteiger partial charge in [0.25, 0.3) is 5.91 Å². The molecule has 0 radical (unpaired) electrons. The fourth-order valence-corrected chi connectivity index (χ4v) is 4.49. The molecule has 0 spiro atoms. The highest BCUT2D eigenvalue weighted by Crippen LogP contribution is 2.43. The van der Waals surface area contributed by atoms with Gasteiger partial charge in [0.1, 0.15) is 0 Å². The molecule has 5 heteroatoms. The van der Waals surface area contributed by atoms with Gasteiger partial charge in [-0.2, -0.15) is 0 Å². The van der Waals surface area contributed by atoms with E-state index in [-0.39, 0.29) is 11.8 Å². The van der Waals surface area contributed by atoms with Crippen LogP contribution in [-0.2, 0) is 16.1 Å². The van der Waals surface area contributed by atoms with Crippen LogP contribution in [0.2, 0.25) is 0 Å². The molecule has 1 aliphatic rings. The van der Waals surface area contributed by atoms with Gasteiger partial charge in [-0.3, -0.25) is 9.59 Å². The van der Waals surface area contributed by atoms with Gasteiger partial charge in [-0.05, 0) is 22.8 Å². The Morgan fingerprint density at radius 2 is 1.56 bits per heavy atom. The molecule has 2 atom stereocenters. The molecule has 2 unspecified atom stereocenters. The number of rotatable bonds is 7. The number of hydrogen-bond donors (Lipinski definition) is 0. The van der Waals surface area contributed by atoms with E-state index < -0.39 is 12.0 Å². The van der Waals surface area contributed by atoms with Crippen LogP contribution in [0.3, 0.4) is 0 Å². The molecule has 0 bridgehead atoms. The monoisotopic (exact) mass is 428 g/mol. The maximum Gasteiger partial charge on any atom is 0.254 e. The predicted octanol–water partition coefficient (Wildman–Crippen LogP) is 4.27.